The molecule has 290 valence electrons. The largest absolute Gasteiger partial charge is 0.496 e. The number of nitro groups is 1. The lowest BCUT2D eigenvalue weighted by molar-refractivity contribution is -0.385. The summed E-state index contributed by atoms with van der Waals surface area (Å²) in [6.45, 7) is 7.16. The minimum absolute atomic E-state index is 0.0493. The van der Waals surface area contributed by atoms with E-state index in [0.29, 0.717) is 29.0 Å². The van der Waals surface area contributed by atoms with Crippen molar-refractivity contribution in [3.8, 4) is 23.0 Å². The summed E-state index contributed by atoms with van der Waals surface area (Å²) in [4.78, 5) is 46.4. The molecule has 0 radical (unpaired) electrons. The van der Waals surface area contributed by atoms with E-state index >= 15 is 0 Å². The first-order valence-corrected chi connectivity index (χ1v) is 16.5. The zero-order chi connectivity index (χ0) is 40.2. The number of carbonyl (C=O) groups excluding carboxylic acids is 3. The first-order valence-electron chi connectivity index (χ1n) is 16.2. The van der Waals surface area contributed by atoms with E-state index in [9.17, 15) is 37.7 Å². The van der Waals surface area contributed by atoms with Crippen molar-refractivity contribution in [2.75, 3.05) is 32.8 Å². The number of anilines is 1. The molecular weight excluding hydrogens is 743 g/mol. The average molecular weight is 780 g/mol. The maximum Gasteiger partial charge on any atom is 0.416 e. The lowest BCUT2D eigenvalue weighted by Gasteiger charge is -2.22. The van der Waals surface area contributed by atoms with Crippen LogP contribution in [0.2, 0.25) is 5.02 Å². The van der Waals surface area contributed by atoms with Crippen LogP contribution in [-0.4, -0.2) is 55.4 Å². The number of benzene rings is 3. The summed E-state index contributed by atoms with van der Waals surface area (Å²) < 4.78 is 68.6. The van der Waals surface area contributed by atoms with E-state index in [1.165, 1.54) is 21.1 Å². The van der Waals surface area contributed by atoms with E-state index in [1.807, 2.05) is 0 Å². The normalized spacial score (nSPS) is 11.1. The van der Waals surface area contributed by atoms with Gasteiger partial charge < -0.3 is 28.2 Å². The van der Waals surface area contributed by atoms with Gasteiger partial charge in [0, 0.05) is 23.6 Å². The lowest BCUT2D eigenvalue weighted by atomic mass is 9.81. The summed E-state index contributed by atoms with van der Waals surface area (Å²) in [5, 5.41) is 17.6. The van der Waals surface area contributed by atoms with Crippen LogP contribution < -0.4 is 19.5 Å². The van der Waals surface area contributed by atoms with Gasteiger partial charge in [-0.1, -0.05) is 43.6 Å². The Hall–Kier alpha value is -5.84. The number of hydrogen-bond acceptors (Lipinski definition) is 12. The molecule has 18 heteroatoms. The molecule has 0 saturated carbocycles. The van der Waals surface area contributed by atoms with Gasteiger partial charge in [0.25, 0.3) is 11.6 Å². The van der Waals surface area contributed by atoms with Crippen molar-refractivity contribution in [1.29, 1.82) is 0 Å². The number of nitrogens with one attached hydrogen (secondary N) is 1. The zero-order valence-corrected chi connectivity index (χ0v) is 30.8. The second-order valence-corrected chi connectivity index (χ2v) is 11.8. The van der Waals surface area contributed by atoms with Gasteiger partial charge in [-0.05, 0) is 56.2 Å². The third-order valence-corrected chi connectivity index (χ3v) is 8.37. The highest BCUT2D eigenvalue weighted by atomic mass is 35.5. The van der Waals surface area contributed by atoms with Crippen molar-refractivity contribution < 1.29 is 60.7 Å². The van der Waals surface area contributed by atoms with Crippen molar-refractivity contribution in [3.05, 3.63) is 98.2 Å². The van der Waals surface area contributed by atoms with Crippen molar-refractivity contribution in [2.45, 2.75) is 52.1 Å². The molecule has 3 aromatic carbocycles. The highest BCUT2D eigenvalue weighted by molar-refractivity contribution is 6.32. The fourth-order valence-electron chi connectivity index (χ4n) is 4.67. The van der Waals surface area contributed by atoms with Crippen LogP contribution in [0.5, 0.6) is 23.0 Å². The third-order valence-electron chi connectivity index (χ3n) is 8.08. The van der Waals surface area contributed by atoms with Gasteiger partial charge in [0.1, 0.15) is 34.1 Å². The first kappa shape index (κ1) is 42.6. The maximum absolute atomic E-state index is 12.7. The van der Waals surface area contributed by atoms with Gasteiger partial charge in [0.2, 0.25) is 5.88 Å². The molecule has 1 heterocycles. The summed E-state index contributed by atoms with van der Waals surface area (Å²) in [6, 6.07) is 12.3. The molecule has 0 saturated heterocycles. The van der Waals surface area contributed by atoms with Gasteiger partial charge >= 0.3 is 18.1 Å². The molecule has 1 amide bonds. The number of aromatic nitrogens is 1. The van der Waals surface area contributed by atoms with E-state index < -0.39 is 46.5 Å². The molecule has 0 aliphatic carbocycles. The third kappa shape index (κ3) is 10.8. The molecule has 14 nitrogen and oxygen atoms in total. The molecule has 1 aromatic heterocycles. The molecule has 54 heavy (non-hydrogen) atoms. The Morgan fingerprint density at radius 1 is 0.926 bits per heavy atom. The maximum atomic E-state index is 12.7. The van der Waals surface area contributed by atoms with Crippen molar-refractivity contribution in [3.63, 3.8) is 0 Å². The topological polar surface area (TPSA) is 179 Å². The molecular formula is C36H37ClF3N3O11. The lowest BCUT2D eigenvalue weighted by Crippen LogP contribution is -2.19. The van der Waals surface area contributed by atoms with Crippen LogP contribution in [0.15, 0.2) is 65.2 Å². The number of rotatable bonds is 14. The Bertz CT molecular complexity index is 1940. The highest BCUT2D eigenvalue weighted by Crippen LogP contribution is 2.38. The highest BCUT2D eigenvalue weighted by Gasteiger charge is 2.31. The van der Waals surface area contributed by atoms with Crippen LogP contribution >= 0.6 is 11.6 Å². The number of esters is 2. The fraction of sp³-hybridized carbons (Fsp3) is 0.333. The molecule has 1 N–H and O–H groups in total. The number of hydrogen-bond donors (Lipinski definition) is 1. The fourth-order valence-corrected chi connectivity index (χ4v) is 4.89. The molecule has 0 unspecified atom stereocenters. The van der Waals surface area contributed by atoms with E-state index in [4.69, 9.17) is 35.1 Å². The van der Waals surface area contributed by atoms with E-state index in [1.54, 1.807) is 24.3 Å². The van der Waals surface area contributed by atoms with Gasteiger partial charge in [-0.15, -0.1) is 0 Å². The number of nitro benzene ring substituents is 1. The van der Waals surface area contributed by atoms with Crippen molar-refractivity contribution >= 4 is 41.0 Å². The van der Waals surface area contributed by atoms with E-state index in [-0.39, 0.29) is 34.5 Å². The smallest absolute Gasteiger partial charge is 0.416 e. The number of methoxy groups -OCH3 is 2. The van der Waals surface area contributed by atoms with Gasteiger partial charge in [0.05, 0.1) is 42.0 Å². The van der Waals surface area contributed by atoms with Gasteiger partial charge in [0.15, 0.2) is 6.61 Å². The number of alkyl halides is 3. The molecule has 0 aliphatic heterocycles. The second kappa shape index (κ2) is 18.8. The molecule has 0 aliphatic rings. The summed E-state index contributed by atoms with van der Waals surface area (Å²) in [5.41, 5.74) is -1.09. The summed E-state index contributed by atoms with van der Waals surface area (Å²) in [7, 11) is 3.01. The van der Waals surface area contributed by atoms with Crippen LogP contribution in [0, 0.1) is 10.1 Å². The van der Waals surface area contributed by atoms with Gasteiger partial charge in [-0.25, -0.2) is 9.59 Å². The predicted octanol–water partition coefficient (Wildman–Crippen LogP) is 8.80. The number of amides is 1. The first-order chi connectivity index (χ1) is 25.5. The minimum atomic E-state index is -4.61. The summed E-state index contributed by atoms with van der Waals surface area (Å²) in [5.74, 6) is -1.57. The van der Waals surface area contributed by atoms with Crippen molar-refractivity contribution in [1.82, 2.24) is 5.16 Å². The zero-order valence-electron chi connectivity index (χ0n) is 30.0. The van der Waals surface area contributed by atoms with Crippen LogP contribution in [0.3, 0.4) is 0 Å². The minimum Gasteiger partial charge on any atom is -0.496 e. The Morgan fingerprint density at radius 2 is 1.57 bits per heavy atom. The van der Waals surface area contributed by atoms with Crippen LogP contribution in [0.1, 0.15) is 72.5 Å². The van der Waals surface area contributed by atoms with Gasteiger partial charge in [-0.2, -0.15) is 13.2 Å². The summed E-state index contributed by atoms with van der Waals surface area (Å²) in [6.07, 6.45) is -2.74. The van der Waals surface area contributed by atoms with E-state index in [0.717, 1.165) is 48.9 Å². The SMILES string of the molecule is CCC(C)(CC)c1cc(NC(=O)c2c(OC)cccc2OC)on1.CCOC(=O)COC(=O)c1cc(Oc2ccc(C(F)(F)F)cc2Cl)ccc1[N+](=O)[O-]. The Labute approximate surface area is 312 Å². The Kier molecular flexibility index (Phi) is 14.8. The Morgan fingerprint density at radius 3 is 2.11 bits per heavy atom. The number of carbonyl (C=O) groups is 3. The quantitative estimate of drug-likeness (QED) is 0.0732. The Balaban J connectivity index is 0.000000297. The average Bonchev–Trinajstić information content (AvgIpc) is 3.62. The molecule has 0 spiro atoms. The predicted molar refractivity (Wildman–Crippen MR) is 188 cm³/mol. The molecule has 4 aromatic rings. The molecule has 0 atom stereocenters. The number of nitrogens with zero attached hydrogens (tertiary/aromatic N) is 2. The molecule has 0 fully saturated rings. The van der Waals surface area contributed by atoms with Crippen LogP contribution in [0.25, 0.3) is 0 Å². The molecule has 4 rings (SSSR count). The monoisotopic (exact) mass is 779 g/mol. The van der Waals surface area contributed by atoms with E-state index in [2.05, 4.69) is 36.0 Å². The van der Waals surface area contributed by atoms with Crippen LogP contribution in [-0.2, 0) is 25.9 Å². The number of ether oxygens (including phenoxy) is 5. The molecule has 0 bridgehead atoms. The van der Waals surface area contributed by atoms with Crippen molar-refractivity contribution in [2.24, 2.45) is 0 Å². The number of halogens is 4. The van der Waals surface area contributed by atoms with Crippen LogP contribution in [0.4, 0.5) is 24.7 Å². The second-order valence-electron chi connectivity index (χ2n) is 11.4. The van der Waals surface area contributed by atoms with Gasteiger partial charge in [-0.3, -0.25) is 20.2 Å². The standard InChI is InChI=1S/C18H13ClF3NO7.C18H24N2O4/c1-2-28-16(24)9-29-17(25)12-8-11(4-5-14(12)23(26)27)30-15-6-3-10(7-13(15)19)18(20,21)22;1-6-18(3,7-2)14-11-15(24-20-14)19-17(21)16-12(22-4)9-8-10-13(16)23-5/h3-8H,2,9H2,1H3;8-11H,6-7H2,1-5H3,(H,19,21). The summed E-state index contributed by atoms with van der Waals surface area (Å²) >= 11 is 5.81.